The lowest BCUT2D eigenvalue weighted by Gasteiger charge is -2.30. The van der Waals surface area contributed by atoms with Gasteiger partial charge in [-0.2, -0.15) is 16.8 Å². The molecular weight excluding hydrogens is 593 g/mol. The average molecular weight is 639 g/mol. The van der Waals surface area contributed by atoms with E-state index in [1.54, 1.807) is 24.3 Å². The SMILES string of the molecule is CC(C)(C)c1ccc2c(-c3c(S(=O)(=O)O)c(C(C)(C)C)cc4cc(C(C)(C)C)ccc34)c(S(=O)(=O)O)c(C(C)(C)C)cc2c1. The van der Waals surface area contributed by atoms with Gasteiger partial charge in [-0.1, -0.05) is 119 Å². The van der Waals surface area contributed by atoms with Crippen molar-refractivity contribution in [3.8, 4) is 11.1 Å². The molecule has 0 amide bonds. The number of hydrogen-bond acceptors (Lipinski definition) is 4. The van der Waals surface area contributed by atoms with Crippen LogP contribution in [0.3, 0.4) is 0 Å². The highest BCUT2D eigenvalue weighted by Crippen LogP contribution is 2.49. The van der Waals surface area contributed by atoms with Gasteiger partial charge in [-0.05, 0) is 77.6 Å². The summed E-state index contributed by atoms with van der Waals surface area (Å²) in [6, 6.07) is 14.9. The van der Waals surface area contributed by atoms with Gasteiger partial charge in [-0.3, -0.25) is 9.11 Å². The molecule has 0 spiro atoms. The molecule has 0 unspecified atom stereocenters. The van der Waals surface area contributed by atoms with Crippen molar-refractivity contribution in [2.45, 2.75) is 115 Å². The Kier molecular flexibility index (Phi) is 8.04. The van der Waals surface area contributed by atoms with Crippen LogP contribution in [0.5, 0.6) is 0 Å². The number of fused-ring (bicyclic) bond motifs is 2. The molecule has 0 aliphatic carbocycles. The van der Waals surface area contributed by atoms with Crippen molar-refractivity contribution in [1.29, 1.82) is 0 Å². The third-order valence-electron chi connectivity index (χ3n) is 8.30. The molecule has 0 aliphatic rings. The predicted octanol–water partition coefficient (Wildman–Crippen LogP) is 9.34. The molecule has 4 aromatic rings. The van der Waals surface area contributed by atoms with Crippen molar-refractivity contribution >= 4 is 41.8 Å². The predicted molar refractivity (Wildman–Crippen MR) is 181 cm³/mol. The van der Waals surface area contributed by atoms with Crippen LogP contribution in [0.4, 0.5) is 0 Å². The van der Waals surface area contributed by atoms with Crippen molar-refractivity contribution in [3.05, 3.63) is 70.8 Å². The Morgan fingerprint density at radius 1 is 0.455 bits per heavy atom. The summed E-state index contributed by atoms with van der Waals surface area (Å²) in [5.41, 5.74) is 0.847. The monoisotopic (exact) mass is 638 g/mol. The van der Waals surface area contributed by atoms with Gasteiger partial charge in [-0.15, -0.1) is 0 Å². The summed E-state index contributed by atoms with van der Waals surface area (Å²) in [4.78, 5) is -0.726. The summed E-state index contributed by atoms with van der Waals surface area (Å²) >= 11 is 0. The summed E-state index contributed by atoms with van der Waals surface area (Å²) in [5, 5.41) is 2.31. The molecule has 0 bridgehead atoms. The number of hydrogen-bond donors (Lipinski definition) is 2. The van der Waals surface area contributed by atoms with Crippen LogP contribution >= 0.6 is 0 Å². The zero-order valence-electron chi connectivity index (χ0n) is 28.0. The van der Waals surface area contributed by atoms with Gasteiger partial charge in [0.25, 0.3) is 20.2 Å². The molecule has 2 N–H and O–H groups in total. The van der Waals surface area contributed by atoms with Crippen LogP contribution in [0.2, 0.25) is 0 Å². The molecule has 0 saturated heterocycles. The molecule has 0 fully saturated rings. The molecule has 0 aliphatic heterocycles. The summed E-state index contributed by atoms with van der Waals surface area (Å²) < 4.78 is 75.7. The molecule has 44 heavy (non-hydrogen) atoms. The quantitative estimate of drug-likeness (QED) is 0.217. The van der Waals surface area contributed by atoms with E-state index in [9.17, 15) is 25.9 Å². The van der Waals surface area contributed by atoms with E-state index < -0.39 is 31.1 Å². The second-order valence-corrected chi connectivity index (χ2v) is 18.8. The summed E-state index contributed by atoms with van der Waals surface area (Å²) in [6.45, 7) is 23.6. The number of rotatable bonds is 3. The Balaban J connectivity index is 2.50. The van der Waals surface area contributed by atoms with E-state index in [1.165, 1.54) is 0 Å². The zero-order chi connectivity index (χ0) is 33.6. The topological polar surface area (TPSA) is 109 Å². The highest BCUT2D eigenvalue weighted by atomic mass is 32.2. The normalized spacial score (nSPS) is 14.0. The molecule has 0 radical (unpaired) electrons. The highest BCUT2D eigenvalue weighted by molar-refractivity contribution is 7.86. The first-order valence-corrected chi connectivity index (χ1v) is 17.7. The first kappa shape index (κ1) is 34.1. The van der Waals surface area contributed by atoms with Gasteiger partial charge in [0.1, 0.15) is 9.79 Å². The van der Waals surface area contributed by atoms with E-state index in [2.05, 4.69) is 41.5 Å². The lowest BCUT2D eigenvalue weighted by Crippen LogP contribution is -2.21. The minimum absolute atomic E-state index is 0.0580. The average Bonchev–Trinajstić information content (AvgIpc) is 2.82. The first-order valence-electron chi connectivity index (χ1n) is 14.8. The third kappa shape index (κ3) is 6.32. The summed E-state index contributed by atoms with van der Waals surface area (Å²) in [6.07, 6.45) is 0. The molecule has 0 saturated carbocycles. The minimum atomic E-state index is -4.91. The Labute approximate surface area is 263 Å². The van der Waals surface area contributed by atoms with Gasteiger partial charge >= 0.3 is 0 Å². The minimum Gasteiger partial charge on any atom is -0.282 e. The van der Waals surface area contributed by atoms with Crippen LogP contribution in [0.15, 0.2) is 58.3 Å². The van der Waals surface area contributed by atoms with E-state index in [0.717, 1.165) is 11.1 Å². The van der Waals surface area contributed by atoms with Crippen LogP contribution in [0.25, 0.3) is 32.7 Å². The Morgan fingerprint density at radius 2 is 0.750 bits per heavy atom. The Morgan fingerprint density at radius 3 is 0.977 bits per heavy atom. The van der Waals surface area contributed by atoms with Gasteiger partial charge in [0.05, 0.1) is 0 Å². The zero-order valence-corrected chi connectivity index (χ0v) is 29.6. The second kappa shape index (κ2) is 10.4. The van der Waals surface area contributed by atoms with Gasteiger partial charge in [0, 0.05) is 11.1 Å². The van der Waals surface area contributed by atoms with Gasteiger partial charge < -0.3 is 0 Å². The van der Waals surface area contributed by atoms with Crippen molar-refractivity contribution < 1.29 is 25.9 Å². The number of benzene rings is 4. The largest absolute Gasteiger partial charge is 0.295 e. The highest BCUT2D eigenvalue weighted by Gasteiger charge is 2.36. The standard InChI is InChI=1S/C36H46O6S2/c1-33(2,3)23-13-15-25-21(17-23)19-27(35(7,8)9)31(43(37,38)39)29(25)30-26-16-14-24(34(4,5)6)18-22(26)20-28(36(10,11)12)32(30)44(40,41)42/h13-20H,1-12H3,(H,37,38,39)(H,40,41,42). The van der Waals surface area contributed by atoms with Crippen LogP contribution in [-0.4, -0.2) is 25.9 Å². The smallest absolute Gasteiger partial charge is 0.282 e. The first-order chi connectivity index (χ1) is 19.6. The van der Waals surface area contributed by atoms with Crippen LogP contribution in [0.1, 0.15) is 105 Å². The van der Waals surface area contributed by atoms with E-state index in [0.29, 0.717) is 32.7 Å². The molecule has 6 nitrogen and oxygen atoms in total. The second-order valence-electron chi connectivity index (χ2n) is 16.1. The molecule has 0 aromatic heterocycles. The fourth-order valence-corrected chi connectivity index (χ4v) is 8.08. The lowest BCUT2D eigenvalue weighted by molar-refractivity contribution is 0.473. The van der Waals surface area contributed by atoms with E-state index in [4.69, 9.17) is 0 Å². The third-order valence-corrected chi connectivity index (χ3v) is 10.2. The van der Waals surface area contributed by atoms with Crippen LogP contribution in [0, 0.1) is 0 Å². The van der Waals surface area contributed by atoms with Crippen molar-refractivity contribution in [1.82, 2.24) is 0 Å². The maximum Gasteiger partial charge on any atom is 0.295 e. The van der Waals surface area contributed by atoms with Gasteiger partial charge in [-0.25, -0.2) is 0 Å². The molecule has 0 heterocycles. The Hall–Kier alpha value is -2.78. The van der Waals surface area contributed by atoms with Crippen molar-refractivity contribution in [3.63, 3.8) is 0 Å². The van der Waals surface area contributed by atoms with Crippen LogP contribution < -0.4 is 0 Å². The van der Waals surface area contributed by atoms with E-state index in [-0.39, 0.29) is 31.7 Å². The molecular formula is C36H46O6S2. The van der Waals surface area contributed by atoms with Gasteiger partial charge in [0.15, 0.2) is 0 Å². The fourth-order valence-electron chi connectivity index (χ4n) is 5.86. The van der Waals surface area contributed by atoms with Crippen molar-refractivity contribution in [2.24, 2.45) is 0 Å². The Bertz CT molecular complexity index is 1880. The summed E-state index contributed by atoms with van der Waals surface area (Å²) in [7, 11) is -9.82. The molecule has 8 heteroatoms. The molecule has 4 aromatic carbocycles. The molecule has 4 rings (SSSR count). The fraction of sp³-hybridized carbons (Fsp3) is 0.444. The lowest BCUT2D eigenvalue weighted by atomic mass is 9.78. The maximum atomic E-state index is 13.5. The maximum absolute atomic E-state index is 13.5. The summed E-state index contributed by atoms with van der Waals surface area (Å²) in [5.74, 6) is 0. The van der Waals surface area contributed by atoms with Gasteiger partial charge in [0.2, 0.25) is 0 Å². The van der Waals surface area contributed by atoms with Crippen LogP contribution in [-0.2, 0) is 41.9 Å². The van der Waals surface area contributed by atoms with Crippen molar-refractivity contribution in [2.75, 3.05) is 0 Å². The molecule has 238 valence electrons. The molecule has 0 atom stereocenters. The van der Waals surface area contributed by atoms with E-state index in [1.807, 2.05) is 65.8 Å². The van der Waals surface area contributed by atoms with E-state index >= 15 is 0 Å².